The summed E-state index contributed by atoms with van der Waals surface area (Å²) in [5.41, 5.74) is 0.0111. The van der Waals surface area contributed by atoms with Crippen LogP contribution in [0.1, 0.15) is 16.1 Å². The van der Waals surface area contributed by atoms with Crippen molar-refractivity contribution in [2.75, 3.05) is 13.7 Å². The van der Waals surface area contributed by atoms with E-state index < -0.39 is 11.5 Å². The molecule has 7 nitrogen and oxygen atoms in total. The Morgan fingerprint density at radius 3 is 3.06 bits per heavy atom. The van der Waals surface area contributed by atoms with Crippen LogP contribution in [0.4, 0.5) is 0 Å². The first-order valence-electron chi connectivity index (χ1n) is 4.97. The number of carbonyl (C=O) groups is 1. The minimum absolute atomic E-state index is 0.0499. The summed E-state index contributed by atoms with van der Waals surface area (Å²) < 4.78 is 5.77. The number of fused-ring (bicyclic) bond motifs is 1. The maximum atomic E-state index is 12.0. The summed E-state index contributed by atoms with van der Waals surface area (Å²) in [5.74, 6) is -0.686. The van der Waals surface area contributed by atoms with Crippen LogP contribution in [0.25, 0.3) is 5.65 Å². The molecule has 2 N–H and O–H groups in total. The van der Waals surface area contributed by atoms with Gasteiger partial charge in [-0.3, -0.25) is 9.89 Å². The molecule has 0 aromatic carbocycles. The molecule has 0 saturated heterocycles. The minimum Gasteiger partial charge on any atom is -0.464 e. The van der Waals surface area contributed by atoms with Crippen LogP contribution >= 0.6 is 0 Å². The molecule has 0 aliphatic rings. The van der Waals surface area contributed by atoms with Crippen molar-refractivity contribution in [3.63, 3.8) is 0 Å². The maximum absolute atomic E-state index is 12.0. The van der Waals surface area contributed by atoms with Crippen molar-refractivity contribution in [3.8, 4) is 0 Å². The number of H-pyrrole nitrogens is 1. The molecule has 0 atom stereocenters. The first kappa shape index (κ1) is 11.3. The molecule has 2 aromatic rings. The van der Waals surface area contributed by atoms with Gasteiger partial charge in [-0.05, 0) is 0 Å². The Kier molecular flexibility index (Phi) is 2.92. The highest BCUT2D eigenvalue weighted by molar-refractivity contribution is 5.89. The number of aromatic amines is 1. The number of aliphatic hydroxyl groups excluding tert-OH is 1. The zero-order valence-corrected chi connectivity index (χ0v) is 9.14. The number of nitrogens with zero attached hydrogens (tertiary/aromatic N) is 2. The molecule has 0 unspecified atom stereocenters. The van der Waals surface area contributed by atoms with E-state index in [1.54, 1.807) is 6.07 Å². The van der Waals surface area contributed by atoms with Crippen molar-refractivity contribution in [1.29, 1.82) is 0 Å². The van der Waals surface area contributed by atoms with Crippen molar-refractivity contribution in [1.82, 2.24) is 14.6 Å². The lowest BCUT2D eigenvalue weighted by Crippen LogP contribution is -2.26. The van der Waals surface area contributed by atoms with Crippen LogP contribution in [0.15, 0.2) is 17.1 Å². The summed E-state index contributed by atoms with van der Waals surface area (Å²) in [7, 11) is 1.21. The molecule has 0 amide bonds. The summed E-state index contributed by atoms with van der Waals surface area (Å²) in [5, 5.41) is 11.6. The summed E-state index contributed by atoms with van der Waals surface area (Å²) >= 11 is 0. The molecule has 0 saturated carbocycles. The molecule has 0 spiro atoms. The molecule has 2 rings (SSSR count). The molecule has 90 valence electrons. The second-order valence-corrected chi connectivity index (χ2v) is 3.37. The zero-order chi connectivity index (χ0) is 12.4. The maximum Gasteiger partial charge on any atom is 0.357 e. The van der Waals surface area contributed by atoms with Gasteiger partial charge in [0.15, 0.2) is 11.3 Å². The van der Waals surface area contributed by atoms with Crippen molar-refractivity contribution in [2.45, 2.75) is 6.42 Å². The summed E-state index contributed by atoms with van der Waals surface area (Å²) in [6.45, 7) is -0.242. The van der Waals surface area contributed by atoms with E-state index in [9.17, 15) is 9.59 Å². The molecule has 0 fully saturated rings. The summed E-state index contributed by atoms with van der Waals surface area (Å²) in [6.07, 6.45) is 1.59. The van der Waals surface area contributed by atoms with Gasteiger partial charge in [-0.15, -0.1) is 0 Å². The number of methoxy groups -OCH3 is 1. The van der Waals surface area contributed by atoms with Gasteiger partial charge < -0.3 is 9.84 Å². The molecule has 2 heterocycles. The Balaban J connectivity index is 2.75. The molecular weight excluding hydrogens is 226 g/mol. The third kappa shape index (κ3) is 1.80. The van der Waals surface area contributed by atoms with Gasteiger partial charge >= 0.3 is 5.97 Å². The highest BCUT2D eigenvalue weighted by Gasteiger charge is 2.19. The fraction of sp³-hybridized carbons (Fsp3) is 0.300. The number of aliphatic hydroxyl groups is 1. The number of aromatic nitrogens is 3. The van der Waals surface area contributed by atoms with Gasteiger partial charge in [-0.2, -0.15) is 0 Å². The van der Waals surface area contributed by atoms with Crippen LogP contribution in [0.5, 0.6) is 0 Å². The van der Waals surface area contributed by atoms with Gasteiger partial charge in [0.1, 0.15) is 0 Å². The smallest absolute Gasteiger partial charge is 0.357 e. The first-order valence-corrected chi connectivity index (χ1v) is 4.97. The summed E-state index contributed by atoms with van der Waals surface area (Å²) in [4.78, 5) is 27.5. The normalized spacial score (nSPS) is 10.7. The second-order valence-electron chi connectivity index (χ2n) is 3.37. The molecule has 2 aromatic heterocycles. The monoisotopic (exact) mass is 237 g/mol. The van der Waals surface area contributed by atoms with Crippen LogP contribution in [0.2, 0.25) is 0 Å². The minimum atomic E-state index is -0.686. The van der Waals surface area contributed by atoms with Crippen molar-refractivity contribution >= 4 is 11.6 Å². The van der Waals surface area contributed by atoms with Crippen molar-refractivity contribution < 1.29 is 14.6 Å². The van der Waals surface area contributed by atoms with Gasteiger partial charge in [-0.25, -0.2) is 14.3 Å². The third-order valence-electron chi connectivity index (χ3n) is 2.38. The molecule has 0 aliphatic carbocycles. The average Bonchev–Trinajstić information content (AvgIpc) is 2.80. The molecular formula is C10H11N3O4. The lowest BCUT2D eigenvalue weighted by molar-refractivity contribution is 0.0592. The molecule has 0 aliphatic heterocycles. The van der Waals surface area contributed by atoms with E-state index in [-0.39, 0.29) is 24.3 Å². The van der Waals surface area contributed by atoms with E-state index in [2.05, 4.69) is 14.8 Å². The predicted molar refractivity (Wildman–Crippen MR) is 57.9 cm³/mol. The third-order valence-corrected chi connectivity index (χ3v) is 2.38. The Bertz CT molecular complexity index is 614. The Morgan fingerprint density at radius 1 is 1.65 bits per heavy atom. The average molecular weight is 237 g/mol. The van der Waals surface area contributed by atoms with E-state index in [4.69, 9.17) is 5.11 Å². The Labute approximate surface area is 95.6 Å². The summed E-state index contributed by atoms with van der Waals surface area (Å²) in [6, 6.07) is 1.57. The highest BCUT2D eigenvalue weighted by atomic mass is 16.5. The van der Waals surface area contributed by atoms with E-state index in [1.807, 2.05) is 0 Å². The lowest BCUT2D eigenvalue weighted by atomic mass is 10.1. The largest absolute Gasteiger partial charge is 0.464 e. The van der Waals surface area contributed by atoms with Crippen LogP contribution in [0, 0.1) is 0 Å². The van der Waals surface area contributed by atoms with Gasteiger partial charge in [0.05, 0.1) is 12.7 Å². The predicted octanol–water partition coefficient (Wildman–Crippen LogP) is -0.656. The number of hydrogen-bond donors (Lipinski definition) is 2. The van der Waals surface area contributed by atoms with Crippen molar-refractivity contribution in [2.24, 2.45) is 0 Å². The number of ether oxygens (including phenoxy) is 1. The van der Waals surface area contributed by atoms with Crippen LogP contribution in [-0.2, 0) is 11.2 Å². The van der Waals surface area contributed by atoms with Gasteiger partial charge in [0.25, 0.3) is 5.56 Å². The van der Waals surface area contributed by atoms with Crippen LogP contribution in [-0.4, -0.2) is 39.4 Å². The molecule has 0 bridgehead atoms. The molecule has 17 heavy (non-hydrogen) atoms. The lowest BCUT2D eigenvalue weighted by Gasteiger charge is -2.05. The Hall–Kier alpha value is -2.15. The van der Waals surface area contributed by atoms with Gasteiger partial charge in [0, 0.05) is 25.3 Å². The number of nitrogens with one attached hydrogen (secondary N) is 1. The number of rotatable bonds is 3. The first-order chi connectivity index (χ1) is 8.19. The highest BCUT2D eigenvalue weighted by Crippen LogP contribution is 2.06. The zero-order valence-electron chi connectivity index (χ0n) is 9.14. The van der Waals surface area contributed by atoms with Gasteiger partial charge in [0.2, 0.25) is 0 Å². The number of esters is 1. The number of carbonyl (C=O) groups excluding carboxylic acids is 1. The van der Waals surface area contributed by atoms with E-state index >= 15 is 0 Å². The fourth-order valence-corrected chi connectivity index (χ4v) is 1.60. The van der Waals surface area contributed by atoms with E-state index in [0.29, 0.717) is 5.65 Å². The number of hydrogen-bond acceptors (Lipinski definition) is 5. The topological polar surface area (TPSA) is 96.7 Å². The second kappa shape index (κ2) is 4.38. The standard InChI is InChI=1S/C10H11N3O4/c1-17-10(16)8-6(3-5-14)9(15)13-7(12-8)2-4-11-13/h2,4,11,14H,3,5H2,1H3. The van der Waals surface area contributed by atoms with E-state index in [0.717, 1.165) is 0 Å². The van der Waals surface area contributed by atoms with Crippen molar-refractivity contribution in [3.05, 3.63) is 33.9 Å². The van der Waals surface area contributed by atoms with Crippen LogP contribution < -0.4 is 5.56 Å². The SMILES string of the molecule is COC(=O)c1nc2cc[nH]n2c(=O)c1CCO. The Morgan fingerprint density at radius 2 is 2.41 bits per heavy atom. The molecule has 0 radical (unpaired) electrons. The van der Waals surface area contributed by atoms with Crippen LogP contribution in [0.3, 0.4) is 0 Å². The molecule has 7 heteroatoms. The fourth-order valence-electron chi connectivity index (χ4n) is 1.60. The van der Waals surface area contributed by atoms with Gasteiger partial charge in [-0.1, -0.05) is 0 Å². The quantitative estimate of drug-likeness (QED) is 0.691. The van der Waals surface area contributed by atoms with E-state index in [1.165, 1.54) is 17.8 Å².